The van der Waals surface area contributed by atoms with Crippen molar-refractivity contribution in [2.24, 2.45) is 17.8 Å². The minimum absolute atomic E-state index is 0.0203. The molecule has 1 heterocycles. The second-order valence-electron chi connectivity index (χ2n) is 5.69. The molecule has 0 spiro atoms. The summed E-state index contributed by atoms with van der Waals surface area (Å²) in [5, 5.41) is 11.6. The standard InChI is InChI=1S/C13H22N2O3/c1-9-6-11(9)7-14-13(18)15-5-4-10(8-15)2-3-12(16)17/h9-11H,2-8H2,1H3,(H,14,18)(H,16,17). The molecule has 102 valence electrons. The number of carboxylic acid groups (broad SMARTS) is 1. The van der Waals surface area contributed by atoms with Gasteiger partial charge in [-0.3, -0.25) is 4.79 Å². The van der Waals surface area contributed by atoms with Crippen molar-refractivity contribution >= 4 is 12.0 Å². The van der Waals surface area contributed by atoms with E-state index >= 15 is 0 Å². The van der Waals surface area contributed by atoms with E-state index in [1.165, 1.54) is 6.42 Å². The third-order valence-corrected chi connectivity index (χ3v) is 4.13. The lowest BCUT2D eigenvalue weighted by Gasteiger charge is -2.17. The van der Waals surface area contributed by atoms with Crippen LogP contribution in [-0.2, 0) is 4.79 Å². The molecular weight excluding hydrogens is 232 g/mol. The summed E-state index contributed by atoms with van der Waals surface area (Å²) in [4.78, 5) is 24.2. The van der Waals surface area contributed by atoms with E-state index in [4.69, 9.17) is 5.11 Å². The Morgan fingerprint density at radius 1 is 1.44 bits per heavy atom. The highest BCUT2D eigenvalue weighted by Gasteiger charge is 2.33. The van der Waals surface area contributed by atoms with Crippen LogP contribution in [0.4, 0.5) is 4.79 Å². The fraction of sp³-hybridized carbons (Fsp3) is 0.846. The minimum Gasteiger partial charge on any atom is -0.481 e. The number of hydrogen-bond acceptors (Lipinski definition) is 2. The van der Waals surface area contributed by atoms with Crippen molar-refractivity contribution in [3.63, 3.8) is 0 Å². The lowest BCUT2D eigenvalue weighted by atomic mass is 10.0. The average Bonchev–Trinajstić information content (AvgIpc) is 2.84. The van der Waals surface area contributed by atoms with E-state index in [0.29, 0.717) is 24.8 Å². The van der Waals surface area contributed by atoms with Gasteiger partial charge in [-0.25, -0.2) is 4.79 Å². The molecule has 5 heteroatoms. The highest BCUT2D eigenvalue weighted by molar-refractivity contribution is 5.74. The number of hydrogen-bond donors (Lipinski definition) is 2. The molecule has 1 saturated carbocycles. The van der Waals surface area contributed by atoms with E-state index in [0.717, 1.165) is 25.4 Å². The number of likely N-dealkylation sites (tertiary alicyclic amines) is 1. The molecule has 1 aliphatic carbocycles. The van der Waals surface area contributed by atoms with Crippen molar-refractivity contribution in [3.05, 3.63) is 0 Å². The normalized spacial score (nSPS) is 30.3. The first-order chi connectivity index (χ1) is 8.56. The van der Waals surface area contributed by atoms with Crippen LogP contribution >= 0.6 is 0 Å². The lowest BCUT2D eigenvalue weighted by Crippen LogP contribution is -2.39. The van der Waals surface area contributed by atoms with Gasteiger partial charge in [-0.05, 0) is 37.0 Å². The summed E-state index contributed by atoms with van der Waals surface area (Å²) in [6.07, 6.45) is 3.04. The SMILES string of the molecule is CC1CC1CNC(=O)N1CCC(CCC(=O)O)C1. The van der Waals surface area contributed by atoms with Crippen molar-refractivity contribution in [1.29, 1.82) is 0 Å². The zero-order valence-corrected chi connectivity index (χ0v) is 10.9. The summed E-state index contributed by atoms with van der Waals surface area (Å²) in [7, 11) is 0. The zero-order valence-electron chi connectivity index (χ0n) is 10.9. The Balaban J connectivity index is 1.64. The van der Waals surface area contributed by atoms with E-state index in [9.17, 15) is 9.59 Å². The largest absolute Gasteiger partial charge is 0.481 e. The van der Waals surface area contributed by atoms with Gasteiger partial charge in [0.1, 0.15) is 0 Å². The number of carbonyl (C=O) groups excluding carboxylic acids is 1. The highest BCUT2D eigenvalue weighted by atomic mass is 16.4. The van der Waals surface area contributed by atoms with E-state index < -0.39 is 5.97 Å². The number of carboxylic acids is 1. The predicted octanol–water partition coefficient (Wildman–Crippen LogP) is 1.54. The summed E-state index contributed by atoms with van der Waals surface area (Å²) < 4.78 is 0. The highest BCUT2D eigenvalue weighted by Crippen LogP contribution is 2.36. The smallest absolute Gasteiger partial charge is 0.317 e. The van der Waals surface area contributed by atoms with Gasteiger partial charge < -0.3 is 15.3 Å². The Morgan fingerprint density at radius 2 is 2.17 bits per heavy atom. The molecular formula is C13H22N2O3. The fourth-order valence-electron chi connectivity index (χ4n) is 2.59. The van der Waals surface area contributed by atoms with E-state index in [-0.39, 0.29) is 12.5 Å². The number of nitrogens with one attached hydrogen (secondary N) is 1. The van der Waals surface area contributed by atoms with E-state index in [1.807, 2.05) is 4.90 Å². The van der Waals surface area contributed by atoms with Gasteiger partial charge in [0.05, 0.1) is 0 Å². The third-order valence-electron chi connectivity index (χ3n) is 4.13. The first kappa shape index (κ1) is 13.2. The maximum absolute atomic E-state index is 11.9. The van der Waals surface area contributed by atoms with Crippen LogP contribution < -0.4 is 5.32 Å². The molecule has 0 aromatic rings. The van der Waals surface area contributed by atoms with E-state index in [1.54, 1.807) is 0 Å². The molecule has 2 amide bonds. The first-order valence-electron chi connectivity index (χ1n) is 6.81. The maximum Gasteiger partial charge on any atom is 0.317 e. The Labute approximate surface area is 108 Å². The molecule has 3 unspecified atom stereocenters. The van der Waals surface area contributed by atoms with Gasteiger partial charge in [0.2, 0.25) is 0 Å². The summed E-state index contributed by atoms with van der Waals surface area (Å²) in [6, 6.07) is 0.0203. The molecule has 0 aromatic carbocycles. The molecule has 1 aliphatic heterocycles. The van der Waals surface area contributed by atoms with Gasteiger partial charge in [0.15, 0.2) is 0 Å². The second kappa shape index (κ2) is 5.59. The van der Waals surface area contributed by atoms with Crippen molar-refractivity contribution in [2.45, 2.75) is 32.6 Å². The Morgan fingerprint density at radius 3 is 2.78 bits per heavy atom. The number of amides is 2. The summed E-state index contributed by atoms with van der Waals surface area (Å²) in [6.45, 7) is 4.46. The van der Waals surface area contributed by atoms with Crippen molar-refractivity contribution < 1.29 is 14.7 Å². The summed E-state index contributed by atoms with van der Waals surface area (Å²) >= 11 is 0. The van der Waals surface area contributed by atoms with Crippen LogP contribution in [0.1, 0.15) is 32.6 Å². The van der Waals surface area contributed by atoms with Gasteiger partial charge in [-0.1, -0.05) is 6.92 Å². The van der Waals surface area contributed by atoms with Gasteiger partial charge >= 0.3 is 12.0 Å². The average molecular weight is 254 g/mol. The van der Waals surface area contributed by atoms with Crippen LogP contribution in [0.5, 0.6) is 0 Å². The zero-order chi connectivity index (χ0) is 13.1. The lowest BCUT2D eigenvalue weighted by molar-refractivity contribution is -0.137. The Bertz CT molecular complexity index is 332. The molecule has 2 rings (SSSR count). The molecule has 0 bridgehead atoms. The molecule has 3 atom stereocenters. The molecule has 0 radical (unpaired) electrons. The molecule has 2 fully saturated rings. The topological polar surface area (TPSA) is 69.6 Å². The van der Waals surface area contributed by atoms with Gasteiger partial charge in [-0.15, -0.1) is 0 Å². The van der Waals surface area contributed by atoms with Gasteiger partial charge in [0, 0.05) is 26.1 Å². The van der Waals surface area contributed by atoms with Crippen molar-refractivity contribution in [3.8, 4) is 0 Å². The van der Waals surface area contributed by atoms with E-state index in [2.05, 4.69) is 12.2 Å². The number of carbonyl (C=O) groups is 2. The van der Waals surface area contributed by atoms with Gasteiger partial charge in [0.25, 0.3) is 0 Å². The van der Waals surface area contributed by atoms with Crippen LogP contribution in [-0.4, -0.2) is 41.6 Å². The quantitative estimate of drug-likeness (QED) is 0.782. The number of aliphatic carboxylic acids is 1. The summed E-state index contributed by atoms with van der Waals surface area (Å²) in [5.41, 5.74) is 0. The van der Waals surface area contributed by atoms with Crippen molar-refractivity contribution in [2.75, 3.05) is 19.6 Å². The number of rotatable bonds is 5. The predicted molar refractivity (Wildman–Crippen MR) is 67.2 cm³/mol. The Hall–Kier alpha value is -1.26. The minimum atomic E-state index is -0.749. The van der Waals surface area contributed by atoms with Crippen LogP contribution in [0.2, 0.25) is 0 Å². The van der Waals surface area contributed by atoms with Crippen molar-refractivity contribution in [1.82, 2.24) is 10.2 Å². The molecule has 0 aromatic heterocycles. The van der Waals surface area contributed by atoms with Crippen LogP contribution in [0.3, 0.4) is 0 Å². The van der Waals surface area contributed by atoms with Crippen LogP contribution in [0, 0.1) is 17.8 Å². The number of nitrogens with zero attached hydrogens (tertiary/aromatic N) is 1. The molecule has 18 heavy (non-hydrogen) atoms. The number of urea groups is 1. The monoisotopic (exact) mass is 254 g/mol. The molecule has 5 nitrogen and oxygen atoms in total. The van der Waals surface area contributed by atoms with Crippen LogP contribution in [0.15, 0.2) is 0 Å². The molecule has 2 N–H and O–H groups in total. The third kappa shape index (κ3) is 3.62. The summed E-state index contributed by atoms with van der Waals surface area (Å²) in [5.74, 6) is 1.03. The fourth-order valence-corrected chi connectivity index (χ4v) is 2.59. The molecule has 2 aliphatic rings. The second-order valence-corrected chi connectivity index (χ2v) is 5.69. The van der Waals surface area contributed by atoms with Crippen LogP contribution in [0.25, 0.3) is 0 Å². The van der Waals surface area contributed by atoms with Gasteiger partial charge in [-0.2, -0.15) is 0 Å². The Kier molecular flexibility index (Phi) is 4.09. The maximum atomic E-state index is 11.9. The first-order valence-corrected chi connectivity index (χ1v) is 6.81. The molecule has 1 saturated heterocycles.